The normalized spacial score (nSPS) is 13.8. The number of sulfone groups is 1. The van der Waals surface area contributed by atoms with E-state index in [4.69, 9.17) is 5.11 Å². The van der Waals surface area contributed by atoms with Crippen LogP contribution in [0.2, 0.25) is 0 Å². The highest BCUT2D eigenvalue weighted by molar-refractivity contribution is 7.93. The van der Waals surface area contributed by atoms with Gasteiger partial charge in [-0.1, -0.05) is 0 Å². The topological polar surface area (TPSA) is 117 Å². The zero-order valence-corrected chi connectivity index (χ0v) is 16.5. The molecule has 2 rings (SSSR count). The van der Waals surface area contributed by atoms with Crippen LogP contribution in [0, 0.1) is 0 Å². The first-order valence-corrected chi connectivity index (χ1v) is 10.8. The number of carboxylic acid groups (broad SMARTS) is 1. The molecule has 0 aromatic carbocycles. The fraction of sp³-hybridized carbons (Fsp3) is 0.467. The third kappa shape index (κ3) is 5.58. The van der Waals surface area contributed by atoms with Crippen LogP contribution in [0.25, 0.3) is 10.6 Å². The van der Waals surface area contributed by atoms with E-state index in [0.29, 0.717) is 10.6 Å². The number of β-amino-alcohol motifs (C(OH)–C–C–N with tert-alkyl or cyclic N) is 1. The average molecular weight is 405 g/mol. The molecule has 0 aliphatic rings. The maximum atomic E-state index is 12.4. The summed E-state index contributed by atoms with van der Waals surface area (Å²) in [4.78, 5) is 15.8. The van der Waals surface area contributed by atoms with Crippen molar-refractivity contribution < 1.29 is 23.4 Å². The van der Waals surface area contributed by atoms with Crippen molar-refractivity contribution in [3.05, 3.63) is 22.4 Å². The predicted octanol–water partition coefficient (Wildman–Crippen LogP) is 2.09. The van der Waals surface area contributed by atoms with Gasteiger partial charge in [0.2, 0.25) is 14.2 Å². The number of hydrogen-bond donors (Lipinski definition) is 3. The molecule has 2 heterocycles. The van der Waals surface area contributed by atoms with Crippen LogP contribution in [0.15, 0.2) is 21.9 Å². The summed E-state index contributed by atoms with van der Waals surface area (Å²) >= 11 is 2.00. The molecule has 0 radical (unpaired) electrons. The number of nitrogens with one attached hydrogen (secondary N) is 1. The van der Waals surface area contributed by atoms with Gasteiger partial charge < -0.3 is 15.5 Å². The van der Waals surface area contributed by atoms with Crippen LogP contribution in [0.1, 0.15) is 30.4 Å². The van der Waals surface area contributed by atoms with Gasteiger partial charge in [-0.2, -0.15) is 0 Å². The lowest BCUT2D eigenvalue weighted by Crippen LogP contribution is -2.42. The summed E-state index contributed by atoms with van der Waals surface area (Å²) in [6, 6.07) is 3.06. The SMILES string of the molecule is CC(C)(C)NCC(O)CS(=O)(=O)c1nc(-c2ccc(C(=O)O)s2)cs1. The Hall–Kier alpha value is -1.33. The number of aromatic nitrogens is 1. The van der Waals surface area contributed by atoms with Crippen LogP contribution in [0.4, 0.5) is 0 Å². The molecule has 0 spiro atoms. The van der Waals surface area contributed by atoms with E-state index in [1.807, 2.05) is 20.8 Å². The summed E-state index contributed by atoms with van der Waals surface area (Å²) in [5.74, 6) is -1.46. The van der Waals surface area contributed by atoms with E-state index < -0.39 is 27.7 Å². The lowest BCUT2D eigenvalue weighted by Gasteiger charge is -2.22. The maximum absolute atomic E-state index is 12.4. The van der Waals surface area contributed by atoms with Crippen molar-refractivity contribution in [1.82, 2.24) is 10.3 Å². The van der Waals surface area contributed by atoms with Gasteiger partial charge in [0, 0.05) is 17.5 Å². The van der Waals surface area contributed by atoms with E-state index in [9.17, 15) is 18.3 Å². The number of carbonyl (C=O) groups is 1. The molecule has 0 fully saturated rings. The summed E-state index contributed by atoms with van der Waals surface area (Å²) in [5.41, 5.74) is 0.198. The molecule has 7 nitrogen and oxygen atoms in total. The van der Waals surface area contributed by atoms with Crippen LogP contribution in [-0.2, 0) is 9.84 Å². The van der Waals surface area contributed by atoms with Crippen molar-refractivity contribution in [2.75, 3.05) is 12.3 Å². The molecule has 1 unspecified atom stereocenters. The second-order valence-electron chi connectivity index (χ2n) is 6.53. The molecule has 2 aromatic heterocycles. The molecule has 3 N–H and O–H groups in total. The monoisotopic (exact) mass is 404 g/mol. The maximum Gasteiger partial charge on any atom is 0.345 e. The van der Waals surface area contributed by atoms with Gasteiger partial charge >= 0.3 is 5.97 Å². The fourth-order valence-electron chi connectivity index (χ4n) is 1.91. The summed E-state index contributed by atoms with van der Waals surface area (Å²) in [6.07, 6.45) is -1.04. The Labute approximate surface area is 154 Å². The largest absolute Gasteiger partial charge is 0.477 e. The Bertz CT molecular complexity index is 849. The van der Waals surface area contributed by atoms with Crippen molar-refractivity contribution in [1.29, 1.82) is 0 Å². The van der Waals surface area contributed by atoms with E-state index >= 15 is 0 Å². The first-order chi connectivity index (χ1) is 11.5. The van der Waals surface area contributed by atoms with Crippen LogP contribution >= 0.6 is 22.7 Å². The standard InChI is InChI=1S/C15H20N2O5S3/c1-15(2,3)16-6-9(18)8-25(21,22)14-17-10(7-23-14)11-4-5-12(24-11)13(19)20/h4-5,7,9,16,18H,6,8H2,1-3H3,(H,19,20). The van der Waals surface area contributed by atoms with Crippen molar-refractivity contribution in [2.45, 2.75) is 36.8 Å². The highest BCUT2D eigenvalue weighted by Gasteiger charge is 2.25. The molecule has 138 valence electrons. The van der Waals surface area contributed by atoms with Crippen molar-refractivity contribution in [2.24, 2.45) is 0 Å². The zero-order valence-electron chi connectivity index (χ0n) is 14.0. The van der Waals surface area contributed by atoms with Gasteiger partial charge in [-0.05, 0) is 32.9 Å². The number of aliphatic hydroxyl groups is 1. The van der Waals surface area contributed by atoms with E-state index in [0.717, 1.165) is 22.7 Å². The Morgan fingerprint density at radius 1 is 1.36 bits per heavy atom. The Morgan fingerprint density at radius 2 is 2.04 bits per heavy atom. The fourth-order valence-corrected chi connectivity index (χ4v) is 5.27. The van der Waals surface area contributed by atoms with Gasteiger partial charge in [-0.3, -0.25) is 0 Å². The molecule has 0 bridgehead atoms. The summed E-state index contributed by atoms with van der Waals surface area (Å²) in [5, 5.41) is 23.5. The first kappa shape index (κ1) is 20.0. The predicted molar refractivity (Wildman–Crippen MR) is 98.2 cm³/mol. The highest BCUT2D eigenvalue weighted by Crippen LogP contribution is 2.31. The van der Waals surface area contributed by atoms with E-state index in [-0.39, 0.29) is 21.3 Å². The molecule has 0 saturated heterocycles. The smallest absolute Gasteiger partial charge is 0.345 e. The molecule has 25 heavy (non-hydrogen) atoms. The zero-order chi connectivity index (χ0) is 18.8. The van der Waals surface area contributed by atoms with Crippen LogP contribution in [-0.4, -0.2) is 53.5 Å². The molecular weight excluding hydrogens is 384 g/mol. The number of thiophene rings is 1. The third-order valence-electron chi connectivity index (χ3n) is 3.10. The van der Waals surface area contributed by atoms with E-state index in [1.54, 1.807) is 11.4 Å². The van der Waals surface area contributed by atoms with Gasteiger partial charge in [0.05, 0.1) is 22.4 Å². The van der Waals surface area contributed by atoms with E-state index in [2.05, 4.69) is 10.3 Å². The summed E-state index contributed by atoms with van der Waals surface area (Å²) < 4.78 is 24.7. The Balaban J connectivity index is 2.10. The highest BCUT2D eigenvalue weighted by atomic mass is 32.2. The molecule has 0 saturated carbocycles. The number of nitrogens with zero attached hydrogens (tertiary/aromatic N) is 1. The number of carboxylic acids is 1. The number of rotatable bonds is 7. The number of aliphatic hydroxyl groups excluding tert-OH is 1. The van der Waals surface area contributed by atoms with Gasteiger partial charge in [-0.15, -0.1) is 22.7 Å². The summed E-state index contributed by atoms with van der Waals surface area (Å²) in [7, 11) is -3.72. The minimum Gasteiger partial charge on any atom is -0.477 e. The number of aromatic carboxylic acids is 1. The van der Waals surface area contributed by atoms with Gasteiger partial charge in [0.15, 0.2) is 0 Å². The minimum atomic E-state index is -3.72. The average Bonchev–Trinajstić information content (AvgIpc) is 3.12. The lowest BCUT2D eigenvalue weighted by atomic mass is 10.1. The van der Waals surface area contributed by atoms with Crippen LogP contribution in [0.3, 0.4) is 0 Å². The molecular formula is C15H20N2O5S3. The molecule has 1 atom stereocenters. The molecule has 10 heteroatoms. The molecule has 0 amide bonds. The number of hydrogen-bond acceptors (Lipinski definition) is 8. The Morgan fingerprint density at radius 3 is 2.60 bits per heavy atom. The van der Waals surface area contributed by atoms with Gasteiger partial charge in [0.25, 0.3) is 0 Å². The van der Waals surface area contributed by atoms with Crippen molar-refractivity contribution >= 4 is 38.5 Å². The molecule has 2 aromatic rings. The molecule has 0 aliphatic heterocycles. The number of thiazole rings is 1. The summed E-state index contributed by atoms with van der Waals surface area (Å²) in [6.45, 7) is 5.93. The third-order valence-corrected chi connectivity index (χ3v) is 7.33. The van der Waals surface area contributed by atoms with E-state index in [1.165, 1.54) is 6.07 Å². The van der Waals surface area contributed by atoms with Crippen molar-refractivity contribution in [3.8, 4) is 10.6 Å². The second kappa shape index (κ2) is 7.50. The molecule has 0 aliphatic carbocycles. The van der Waals surface area contributed by atoms with Gasteiger partial charge in [0.1, 0.15) is 4.88 Å². The van der Waals surface area contributed by atoms with Gasteiger partial charge in [-0.25, -0.2) is 18.2 Å². The van der Waals surface area contributed by atoms with Crippen LogP contribution in [0.5, 0.6) is 0 Å². The first-order valence-electron chi connectivity index (χ1n) is 7.43. The van der Waals surface area contributed by atoms with Crippen molar-refractivity contribution in [3.63, 3.8) is 0 Å². The lowest BCUT2D eigenvalue weighted by molar-refractivity contribution is 0.0702. The Kier molecular flexibility index (Phi) is 6.00. The van der Waals surface area contributed by atoms with Crippen LogP contribution < -0.4 is 5.32 Å². The minimum absolute atomic E-state index is 0.0809. The second-order valence-corrected chi connectivity index (χ2v) is 10.7. The quantitative estimate of drug-likeness (QED) is 0.647.